The third kappa shape index (κ3) is 2.99. The van der Waals surface area contributed by atoms with Gasteiger partial charge < -0.3 is 5.32 Å². The van der Waals surface area contributed by atoms with Crippen LogP contribution in [0.1, 0.15) is 24.0 Å². The lowest BCUT2D eigenvalue weighted by Crippen LogP contribution is -2.15. The number of halogens is 1. The minimum absolute atomic E-state index is 0.168. The molecule has 0 saturated heterocycles. The summed E-state index contributed by atoms with van der Waals surface area (Å²) < 4.78 is 13.6. The first-order valence-corrected chi connectivity index (χ1v) is 6.66. The first kappa shape index (κ1) is 12.3. The molecule has 1 heterocycles. The molecule has 0 amide bonds. The van der Waals surface area contributed by atoms with Crippen molar-refractivity contribution in [2.75, 3.05) is 0 Å². The zero-order valence-corrected chi connectivity index (χ0v) is 11.0. The van der Waals surface area contributed by atoms with Crippen molar-refractivity contribution >= 4 is 0 Å². The SMILES string of the molecule is Cc1ccc(-c2cncc(CNC3CC3)c2)cc1F. The number of nitrogens with zero attached hydrogens (tertiary/aromatic N) is 1. The first-order chi connectivity index (χ1) is 9.22. The molecule has 0 radical (unpaired) electrons. The second-order valence-corrected chi connectivity index (χ2v) is 5.20. The van der Waals surface area contributed by atoms with Crippen molar-refractivity contribution in [3.8, 4) is 11.1 Å². The summed E-state index contributed by atoms with van der Waals surface area (Å²) in [5.74, 6) is -0.168. The fraction of sp³-hybridized carbons (Fsp3) is 0.312. The third-order valence-electron chi connectivity index (χ3n) is 3.47. The van der Waals surface area contributed by atoms with Gasteiger partial charge in [0.2, 0.25) is 0 Å². The number of nitrogens with one attached hydrogen (secondary N) is 1. The normalized spacial score (nSPS) is 14.6. The number of aryl methyl sites for hydroxylation is 1. The van der Waals surface area contributed by atoms with Gasteiger partial charge in [0.05, 0.1) is 0 Å². The summed E-state index contributed by atoms with van der Waals surface area (Å²) in [4.78, 5) is 4.25. The number of aromatic nitrogens is 1. The Labute approximate surface area is 112 Å². The molecule has 0 aliphatic heterocycles. The molecule has 1 fully saturated rings. The Morgan fingerprint density at radius 1 is 1.21 bits per heavy atom. The molecule has 1 N–H and O–H groups in total. The predicted octanol–water partition coefficient (Wildman–Crippen LogP) is 3.45. The molecule has 3 heteroatoms. The largest absolute Gasteiger partial charge is 0.310 e. The fourth-order valence-electron chi connectivity index (χ4n) is 2.06. The lowest BCUT2D eigenvalue weighted by Gasteiger charge is -2.07. The number of hydrogen-bond donors (Lipinski definition) is 1. The number of rotatable bonds is 4. The van der Waals surface area contributed by atoms with Crippen LogP contribution in [-0.2, 0) is 6.54 Å². The first-order valence-electron chi connectivity index (χ1n) is 6.66. The monoisotopic (exact) mass is 256 g/mol. The van der Waals surface area contributed by atoms with Gasteiger partial charge in [0.25, 0.3) is 0 Å². The summed E-state index contributed by atoms with van der Waals surface area (Å²) >= 11 is 0. The van der Waals surface area contributed by atoms with E-state index in [1.807, 2.05) is 12.3 Å². The van der Waals surface area contributed by atoms with E-state index in [9.17, 15) is 4.39 Å². The molecule has 0 unspecified atom stereocenters. The van der Waals surface area contributed by atoms with E-state index in [0.29, 0.717) is 11.6 Å². The van der Waals surface area contributed by atoms with Crippen LogP contribution in [0.15, 0.2) is 36.7 Å². The van der Waals surface area contributed by atoms with Crippen molar-refractivity contribution in [1.82, 2.24) is 10.3 Å². The molecule has 0 spiro atoms. The minimum Gasteiger partial charge on any atom is -0.310 e. The second-order valence-electron chi connectivity index (χ2n) is 5.20. The topological polar surface area (TPSA) is 24.9 Å². The van der Waals surface area contributed by atoms with Gasteiger partial charge in [0, 0.05) is 30.5 Å². The van der Waals surface area contributed by atoms with Gasteiger partial charge in [-0.05, 0) is 48.6 Å². The van der Waals surface area contributed by atoms with Crippen molar-refractivity contribution in [3.63, 3.8) is 0 Å². The smallest absolute Gasteiger partial charge is 0.126 e. The fourth-order valence-corrected chi connectivity index (χ4v) is 2.06. The molecule has 3 rings (SSSR count). The average Bonchev–Trinajstić information content (AvgIpc) is 3.24. The van der Waals surface area contributed by atoms with E-state index in [1.165, 1.54) is 12.8 Å². The van der Waals surface area contributed by atoms with E-state index >= 15 is 0 Å². The molecule has 1 aromatic heterocycles. The quantitative estimate of drug-likeness (QED) is 0.906. The Balaban J connectivity index is 1.82. The molecule has 1 aliphatic carbocycles. The highest BCUT2D eigenvalue weighted by molar-refractivity contribution is 5.63. The highest BCUT2D eigenvalue weighted by Crippen LogP contribution is 2.23. The minimum atomic E-state index is -0.168. The molecule has 1 aromatic carbocycles. The maximum atomic E-state index is 13.6. The van der Waals surface area contributed by atoms with Gasteiger partial charge in [-0.3, -0.25) is 4.98 Å². The highest BCUT2D eigenvalue weighted by Gasteiger charge is 2.19. The van der Waals surface area contributed by atoms with Gasteiger partial charge >= 0.3 is 0 Å². The molecule has 2 aromatic rings. The molecule has 1 aliphatic rings. The molecule has 1 saturated carbocycles. The van der Waals surface area contributed by atoms with E-state index in [4.69, 9.17) is 0 Å². The van der Waals surface area contributed by atoms with Crippen LogP contribution in [0.25, 0.3) is 11.1 Å². The summed E-state index contributed by atoms with van der Waals surface area (Å²) in [6.07, 6.45) is 6.20. The zero-order chi connectivity index (χ0) is 13.2. The Kier molecular flexibility index (Phi) is 3.30. The lowest BCUT2D eigenvalue weighted by atomic mass is 10.0. The van der Waals surface area contributed by atoms with Crippen LogP contribution in [0.5, 0.6) is 0 Å². The molecule has 98 valence electrons. The third-order valence-corrected chi connectivity index (χ3v) is 3.47. The maximum Gasteiger partial charge on any atom is 0.126 e. The van der Waals surface area contributed by atoms with E-state index in [-0.39, 0.29) is 5.82 Å². The lowest BCUT2D eigenvalue weighted by molar-refractivity contribution is 0.619. The number of benzene rings is 1. The van der Waals surface area contributed by atoms with Gasteiger partial charge in [-0.2, -0.15) is 0 Å². The van der Waals surface area contributed by atoms with E-state index < -0.39 is 0 Å². The van der Waals surface area contributed by atoms with Crippen LogP contribution in [0, 0.1) is 12.7 Å². The number of pyridine rings is 1. The van der Waals surface area contributed by atoms with Crippen molar-refractivity contribution < 1.29 is 4.39 Å². The Bertz CT molecular complexity index is 591. The summed E-state index contributed by atoms with van der Waals surface area (Å²) in [6, 6.07) is 8.07. The highest BCUT2D eigenvalue weighted by atomic mass is 19.1. The predicted molar refractivity (Wildman–Crippen MR) is 74.2 cm³/mol. The van der Waals surface area contributed by atoms with Crippen LogP contribution in [-0.4, -0.2) is 11.0 Å². The summed E-state index contributed by atoms with van der Waals surface area (Å²) in [5.41, 5.74) is 3.66. The van der Waals surface area contributed by atoms with Crippen molar-refractivity contribution in [1.29, 1.82) is 0 Å². The van der Waals surface area contributed by atoms with Gasteiger partial charge in [-0.1, -0.05) is 12.1 Å². The van der Waals surface area contributed by atoms with Crippen LogP contribution in [0.3, 0.4) is 0 Å². The van der Waals surface area contributed by atoms with Crippen LogP contribution < -0.4 is 5.32 Å². The number of hydrogen-bond acceptors (Lipinski definition) is 2. The summed E-state index contributed by atoms with van der Waals surface area (Å²) in [5, 5.41) is 3.46. The maximum absolute atomic E-state index is 13.6. The van der Waals surface area contributed by atoms with Gasteiger partial charge in [0.1, 0.15) is 5.82 Å². The van der Waals surface area contributed by atoms with E-state index in [2.05, 4.69) is 16.4 Å². The standard InChI is InChI=1S/C16H17FN2/c1-11-2-3-13(7-16(11)17)14-6-12(8-18-10-14)9-19-15-4-5-15/h2-3,6-8,10,15,19H,4-5,9H2,1H3. The molecular formula is C16H17FN2. The van der Waals surface area contributed by atoms with Crippen molar-refractivity contribution in [3.05, 3.63) is 53.6 Å². The van der Waals surface area contributed by atoms with Crippen LogP contribution in [0.2, 0.25) is 0 Å². The molecule has 0 bridgehead atoms. The molecular weight excluding hydrogens is 239 g/mol. The van der Waals surface area contributed by atoms with E-state index in [0.717, 1.165) is 23.2 Å². The Hall–Kier alpha value is -1.74. The van der Waals surface area contributed by atoms with Crippen LogP contribution >= 0.6 is 0 Å². The van der Waals surface area contributed by atoms with Crippen LogP contribution in [0.4, 0.5) is 4.39 Å². The molecule has 19 heavy (non-hydrogen) atoms. The van der Waals surface area contributed by atoms with Crippen molar-refractivity contribution in [2.24, 2.45) is 0 Å². The summed E-state index contributed by atoms with van der Waals surface area (Å²) in [7, 11) is 0. The Morgan fingerprint density at radius 3 is 2.79 bits per heavy atom. The summed E-state index contributed by atoms with van der Waals surface area (Å²) in [6.45, 7) is 2.60. The van der Waals surface area contributed by atoms with Gasteiger partial charge in [0.15, 0.2) is 0 Å². The molecule has 0 atom stereocenters. The second kappa shape index (κ2) is 5.10. The average molecular weight is 256 g/mol. The van der Waals surface area contributed by atoms with Gasteiger partial charge in [-0.15, -0.1) is 0 Å². The van der Waals surface area contributed by atoms with Crippen molar-refractivity contribution in [2.45, 2.75) is 32.4 Å². The van der Waals surface area contributed by atoms with Gasteiger partial charge in [-0.25, -0.2) is 4.39 Å². The zero-order valence-electron chi connectivity index (χ0n) is 11.0. The Morgan fingerprint density at radius 2 is 2.05 bits per heavy atom. The molecule has 2 nitrogen and oxygen atoms in total. The van der Waals surface area contributed by atoms with E-state index in [1.54, 1.807) is 25.3 Å².